The monoisotopic (exact) mass is 341 g/mol. The largest absolute Gasteiger partial charge is 0.423 e. The standard InChI is InChI=1S/C18H19N3O2S/c1-4-8-21-12(3)19-20-18(21)24-11-14-10-17(22)23-16-9-13(5-2)6-7-15(14)16/h4,6-7,9-10H,1,5,8,11H2,2-3H3. The molecule has 0 atom stereocenters. The van der Waals surface area contributed by atoms with Crippen molar-refractivity contribution in [3.05, 3.63) is 64.3 Å². The van der Waals surface area contributed by atoms with Crippen molar-refractivity contribution in [3.63, 3.8) is 0 Å². The molecule has 0 spiro atoms. The number of thioether (sulfide) groups is 1. The van der Waals surface area contributed by atoms with Crippen LogP contribution in [0.4, 0.5) is 0 Å². The molecule has 0 fully saturated rings. The van der Waals surface area contributed by atoms with Gasteiger partial charge in [-0.25, -0.2) is 4.79 Å². The molecule has 124 valence electrons. The van der Waals surface area contributed by atoms with E-state index < -0.39 is 0 Å². The molecule has 5 nitrogen and oxygen atoms in total. The summed E-state index contributed by atoms with van der Waals surface area (Å²) in [5.74, 6) is 1.48. The van der Waals surface area contributed by atoms with Crippen molar-refractivity contribution in [1.29, 1.82) is 0 Å². The van der Waals surface area contributed by atoms with Crippen LogP contribution in [0.15, 0.2) is 51.3 Å². The van der Waals surface area contributed by atoms with E-state index in [2.05, 4.69) is 29.8 Å². The Morgan fingerprint density at radius 2 is 2.17 bits per heavy atom. The molecule has 2 aromatic heterocycles. The highest BCUT2D eigenvalue weighted by Crippen LogP contribution is 2.26. The fourth-order valence-corrected chi connectivity index (χ4v) is 3.55. The fourth-order valence-electron chi connectivity index (χ4n) is 2.56. The van der Waals surface area contributed by atoms with Crippen LogP contribution in [0.3, 0.4) is 0 Å². The first kappa shape index (κ1) is 16.5. The van der Waals surface area contributed by atoms with E-state index in [4.69, 9.17) is 4.42 Å². The molecule has 0 bridgehead atoms. The molecule has 24 heavy (non-hydrogen) atoms. The van der Waals surface area contributed by atoms with E-state index in [0.29, 0.717) is 17.9 Å². The van der Waals surface area contributed by atoms with Crippen LogP contribution in [-0.4, -0.2) is 14.8 Å². The molecule has 0 aliphatic carbocycles. The summed E-state index contributed by atoms with van der Waals surface area (Å²) in [6.45, 7) is 8.42. The molecule has 0 saturated carbocycles. The van der Waals surface area contributed by atoms with Gasteiger partial charge in [0.15, 0.2) is 5.16 Å². The smallest absolute Gasteiger partial charge is 0.336 e. The van der Waals surface area contributed by atoms with Gasteiger partial charge >= 0.3 is 5.63 Å². The van der Waals surface area contributed by atoms with Gasteiger partial charge in [-0.15, -0.1) is 16.8 Å². The normalized spacial score (nSPS) is 11.1. The van der Waals surface area contributed by atoms with E-state index in [-0.39, 0.29) is 5.63 Å². The lowest BCUT2D eigenvalue weighted by Crippen LogP contribution is -2.02. The highest BCUT2D eigenvalue weighted by Gasteiger charge is 2.11. The second-order valence-corrected chi connectivity index (χ2v) is 6.43. The SMILES string of the molecule is C=CCn1c(C)nnc1SCc1cc(=O)oc2cc(CC)ccc12. The van der Waals surface area contributed by atoms with Gasteiger partial charge in [-0.2, -0.15) is 0 Å². The Bertz CT molecular complexity index is 943. The highest BCUT2D eigenvalue weighted by atomic mass is 32.2. The molecule has 0 radical (unpaired) electrons. The van der Waals surface area contributed by atoms with Crippen LogP contribution in [0.1, 0.15) is 23.9 Å². The minimum absolute atomic E-state index is 0.324. The molecule has 0 aliphatic heterocycles. The molecule has 2 heterocycles. The number of hydrogen-bond acceptors (Lipinski definition) is 5. The molecular formula is C18H19N3O2S. The number of aromatic nitrogens is 3. The fraction of sp³-hybridized carbons (Fsp3) is 0.278. The van der Waals surface area contributed by atoms with Gasteiger partial charge in [0.05, 0.1) is 0 Å². The summed E-state index contributed by atoms with van der Waals surface area (Å²) in [6, 6.07) is 7.59. The second kappa shape index (κ2) is 7.05. The van der Waals surface area contributed by atoms with Crippen molar-refractivity contribution in [2.24, 2.45) is 0 Å². The molecule has 1 aromatic carbocycles. The summed E-state index contributed by atoms with van der Waals surface area (Å²) >= 11 is 1.56. The number of fused-ring (bicyclic) bond motifs is 1. The highest BCUT2D eigenvalue weighted by molar-refractivity contribution is 7.98. The number of aryl methyl sites for hydroxylation is 2. The summed E-state index contributed by atoms with van der Waals surface area (Å²) in [7, 11) is 0. The molecule has 0 saturated heterocycles. The second-order valence-electron chi connectivity index (χ2n) is 5.49. The van der Waals surface area contributed by atoms with Gasteiger partial charge in [-0.3, -0.25) is 0 Å². The molecular weight excluding hydrogens is 322 g/mol. The van der Waals surface area contributed by atoms with Gasteiger partial charge in [0.1, 0.15) is 11.4 Å². The molecule has 3 rings (SSSR count). The van der Waals surface area contributed by atoms with E-state index in [0.717, 1.165) is 33.9 Å². The Balaban J connectivity index is 1.93. The third-order valence-electron chi connectivity index (χ3n) is 3.87. The van der Waals surface area contributed by atoms with Crippen LogP contribution in [0.2, 0.25) is 0 Å². The Morgan fingerprint density at radius 3 is 2.92 bits per heavy atom. The Kier molecular flexibility index (Phi) is 4.85. The van der Waals surface area contributed by atoms with Crippen molar-refractivity contribution in [2.45, 2.75) is 37.7 Å². The zero-order valence-electron chi connectivity index (χ0n) is 13.8. The molecule has 3 aromatic rings. The quantitative estimate of drug-likeness (QED) is 0.388. The number of hydrogen-bond donors (Lipinski definition) is 0. The first-order chi connectivity index (χ1) is 11.6. The van der Waals surface area contributed by atoms with E-state index in [1.807, 2.05) is 29.7 Å². The number of allylic oxidation sites excluding steroid dienone is 1. The van der Waals surface area contributed by atoms with Crippen molar-refractivity contribution >= 4 is 22.7 Å². The Labute approximate surface area is 144 Å². The summed E-state index contributed by atoms with van der Waals surface area (Å²) in [4.78, 5) is 11.9. The first-order valence-corrected chi connectivity index (χ1v) is 8.80. The van der Waals surface area contributed by atoms with E-state index in [9.17, 15) is 4.79 Å². The van der Waals surface area contributed by atoms with Crippen LogP contribution in [0.5, 0.6) is 0 Å². The van der Waals surface area contributed by atoms with E-state index >= 15 is 0 Å². The van der Waals surface area contributed by atoms with Crippen molar-refractivity contribution < 1.29 is 4.42 Å². The maximum atomic E-state index is 11.9. The summed E-state index contributed by atoms with van der Waals surface area (Å²) in [5.41, 5.74) is 2.41. The van der Waals surface area contributed by atoms with Gasteiger partial charge in [-0.05, 0) is 30.5 Å². The van der Waals surface area contributed by atoms with Crippen LogP contribution in [-0.2, 0) is 18.7 Å². The zero-order chi connectivity index (χ0) is 17.1. The maximum absolute atomic E-state index is 11.9. The molecule has 0 amide bonds. The third-order valence-corrected chi connectivity index (χ3v) is 4.89. The molecule has 6 heteroatoms. The average molecular weight is 341 g/mol. The number of rotatable bonds is 6. The van der Waals surface area contributed by atoms with Gasteiger partial charge in [0, 0.05) is 23.8 Å². The van der Waals surface area contributed by atoms with Crippen LogP contribution in [0, 0.1) is 6.92 Å². The third kappa shape index (κ3) is 3.28. The van der Waals surface area contributed by atoms with Gasteiger partial charge < -0.3 is 8.98 Å². The minimum atomic E-state index is -0.324. The van der Waals surface area contributed by atoms with Crippen molar-refractivity contribution in [3.8, 4) is 0 Å². The van der Waals surface area contributed by atoms with Gasteiger partial charge in [0.25, 0.3) is 0 Å². The average Bonchev–Trinajstić information content (AvgIpc) is 2.92. The minimum Gasteiger partial charge on any atom is -0.423 e. The van der Waals surface area contributed by atoms with Crippen molar-refractivity contribution in [1.82, 2.24) is 14.8 Å². The maximum Gasteiger partial charge on any atom is 0.336 e. The lowest BCUT2D eigenvalue weighted by Gasteiger charge is -2.08. The van der Waals surface area contributed by atoms with E-state index in [1.54, 1.807) is 17.8 Å². The van der Waals surface area contributed by atoms with E-state index in [1.165, 1.54) is 0 Å². The van der Waals surface area contributed by atoms with Gasteiger partial charge in [0.2, 0.25) is 0 Å². The first-order valence-electron chi connectivity index (χ1n) is 7.81. The Morgan fingerprint density at radius 1 is 1.33 bits per heavy atom. The van der Waals surface area contributed by atoms with Crippen LogP contribution >= 0.6 is 11.8 Å². The molecule has 0 aliphatic rings. The Hall–Kier alpha value is -2.34. The topological polar surface area (TPSA) is 60.9 Å². The molecule has 0 unspecified atom stereocenters. The van der Waals surface area contributed by atoms with Crippen molar-refractivity contribution in [2.75, 3.05) is 0 Å². The number of nitrogens with zero attached hydrogens (tertiary/aromatic N) is 3. The lowest BCUT2D eigenvalue weighted by atomic mass is 10.1. The predicted molar refractivity (Wildman–Crippen MR) is 96.4 cm³/mol. The zero-order valence-corrected chi connectivity index (χ0v) is 14.6. The van der Waals surface area contributed by atoms with Crippen LogP contribution < -0.4 is 5.63 Å². The molecule has 0 N–H and O–H groups in total. The number of benzene rings is 1. The van der Waals surface area contributed by atoms with Crippen LogP contribution in [0.25, 0.3) is 11.0 Å². The summed E-state index contributed by atoms with van der Waals surface area (Å²) in [6.07, 6.45) is 2.72. The lowest BCUT2D eigenvalue weighted by molar-refractivity contribution is 0.559. The van der Waals surface area contributed by atoms with Gasteiger partial charge in [-0.1, -0.05) is 36.9 Å². The summed E-state index contributed by atoms with van der Waals surface area (Å²) in [5, 5.41) is 10.1. The summed E-state index contributed by atoms with van der Waals surface area (Å²) < 4.78 is 7.35. The predicted octanol–water partition coefficient (Wildman–Crippen LogP) is 3.73.